The van der Waals surface area contributed by atoms with Crippen molar-refractivity contribution < 1.29 is 24.2 Å². The monoisotopic (exact) mass is 332 g/mol. The highest BCUT2D eigenvalue weighted by Crippen LogP contribution is 2.24. The fraction of sp³-hybridized carbons (Fsp3) is 0.471. The molecule has 2 atom stereocenters. The van der Waals surface area contributed by atoms with Crippen LogP contribution in [0.2, 0.25) is 0 Å². The maximum absolute atomic E-state index is 12.7. The van der Waals surface area contributed by atoms with Gasteiger partial charge in [-0.15, -0.1) is 0 Å². The largest absolute Gasteiger partial charge is 0.480 e. The van der Waals surface area contributed by atoms with E-state index in [-0.39, 0.29) is 31.4 Å². The van der Waals surface area contributed by atoms with E-state index in [2.05, 4.69) is 0 Å². The summed E-state index contributed by atoms with van der Waals surface area (Å²) in [6, 6.07) is 8.62. The van der Waals surface area contributed by atoms with E-state index in [9.17, 15) is 19.5 Å². The van der Waals surface area contributed by atoms with Crippen LogP contribution in [0.25, 0.3) is 0 Å². The molecule has 3 rings (SSSR count). The van der Waals surface area contributed by atoms with Crippen LogP contribution in [-0.2, 0) is 25.7 Å². The first-order valence-corrected chi connectivity index (χ1v) is 7.99. The lowest BCUT2D eigenvalue weighted by Gasteiger charge is -2.34. The summed E-state index contributed by atoms with van der Waals surface area (Å²) in [5.41, 5.74) is 1.01. The van der Waals surface area contributed by atoms with Crippen molar-refractivity contribution in [1.29, 1.82) is 0 Å². The molecule has 128 valence electrons. The summed E-state index contributed by atoms with van der Waals surface area (Å²) in [6.45, 7) is 1.36. The zero-order valence-electron chi connectivity index (χ0n) is 13.3. The lowest BCUT2D eigenvalue weighted by molar-refractivity contribution is -0.160. The van der Waals surface area contributed by atoms with Crippen LogP contribution < -0.4 is 0 Å². The van der Waals surface area contributed by atoms with Crippen LogP contribution in [0.1, 0.15) is 12.0 Å². The fourth-order valence-corrected chi connectivity index (χ4v) is 3.20. The van der Waals surface area contributed by atoms with Crippen molar-refractivity contribution in [3.8, 4) is 0 Å². The van der Waals surface area contributed by atoms with Crippen molar-refractivity contribution in [1.82, 2.24) is 9.80 Å². The van der Waals surface area contributed by atoms with Gasteiger partial charge in [0.2, 0.25) is 11.8 Å². The van der Waals surface area contributed by atoms with Gasteiger partial charge in [0.1, 0.15) is 0 Å². The van der Waals surface area contributed by atoms with E-state index < -0.39 is 17.9 Å². The van der Waals surface area contributed by atoms with Crippen LogP contribution in [0.3, 0.4) is 0 Å². The van der Waals surface area contributed by atoms with Gasteiger partial charge in [-0.05, 0) is 5.56 Å². The Bertz CT molecular complexity index is 633. The second kappa shape index (κ2) is 7.00. The Morgan fingerprint density at radius 2 is 2.00 bits per heavy atom. The van der Waals surface area contributed by atoms with Crippen molar-refractivity contribution in [3.05, 3.63) is 35.9 Å². The molecule has 2 heterocycles. The SMILES string of the molecule is O=C(O)[C@H]1COCCN1C(=O)[C@H]1CC(=O)N(Cc2ccccc2)C1. The number of ether oxygens (including phenoxy) is 1. The van der Waals surface area contributed by atoms with Crippen molar-refractivity contribution >= 4 is 17.8 Å². The Morgan fingerprint density at radius 1 is 1.25 bits per heavy atom. The van der Waals surface area contributed by atoms with Gasteiger partial charge in [0, 0.05) is 26.1 Å². The highest BCUT2D eigenvalue weighted by atomic mass is 16.5. The minimum absolute atomic E-state index is 0.00449. The van der Waals surface area contributed by atoms with Crippen molar-refractivity contribution in [2.75, 3.05) is 26.3 Å². The van der Waals surface area contributed by atoms with Crippen LogP contribution in [-0.4, -0.2) is 65.0 Å². The van der Waals surface area contributed by atoms with Gasteiger partial charge in [0.15, 0.2) is 6.04 Å². The molecule has 7 nitrogen and oxygen atoms in total. The van der Waals surface area contributed by atoms with Gasteiger partial charge in [0.25, 0.3) is 0 Å². The number of aliphatic carboxylic acids is 1. The van der Waals surface area contributed by atoms with Crippen LogP contribution in [0.15, 0.2) is 30.3 Å². The number of carboxylic acid groups (broad SMARTS) is 1. The molecule has 0 aromatic heterocycles. The molecule has 2 aliphatic rings. The predicted octanol–water partition coefficient (Wildman–Crippen LogP) is 0.347. The first-order valence-electron chi connectivity index (χ1n) is 7.99. The molecule has 0 bridgehead atoms. The smallest absolute Gasteiger partial charge is 0.328 e. The predicted molar refractivity (Wildman–Crippen MR) is 83.9 cm³/mol. The summed E-state index contributed by atoms with van der Waals surface area (Å²) < 4.78 is 5.16. The van der Waals surface area contributed by atoms with Gasteiger partial charge in [-0.2, -0.15) is 0 Å². The number of amides is 2. The Labute approximate surface area is 139 Å². The quantitative estimate of drug-likeness (QED) is 0.859. The summed E-state index contributed by atoms with van der Waals surface area (Å²) in [4.78, 5) is 39.2. The zero-order chi connectivity index (χ0) is 17.1. The molecule has 1 aromatic carbocycles. The number of hydrogen-bond acceptors (Lipinski definition) is 4. The Kier molecular flexibility index (Phi) is 4.80. The molecule has 1 N–H and O–H groups in total. The van der Waals surface area contributed by atoms with E-state index in [0.29, 0.717) is 19.7 Å². The lowest BCUT2D eigenvalue weighted by atomic mass is 10.1. The van der Waals surface area contributed by atoms with E-state index in [1.807, 2.05) is 30.3 Å². The van der Waals surface area contributed by atoms with Gasteiger partial charge in [-0.1, -0.05) is 30.3 Å². The summed E-state index contributed by atoms with van der Waals surface area (Å²) in [5.74, 6) is -1.90. The molecule has 0 spiro atoms. The van der Waals surface area contributed by atoms with Crippen molar-refractivity contribution in [2.45, 2.75) is 19.0 Å². The van der Waals surface area contributed by atoms with Gasteiger partial charge >= 0.3 is 5.97 Å². The number of likely N-dealkylation sites (tertiary alicyclic amines) is 1. The summed E-state index contributed by atoms with van der Waals surface area (Å²) in [5, 5.41) is 9.25. The van der Waals surface area contributed by atoms with Gasteiger partial charge in [-0.25, -0.2) is 4.79 Å². The van der Waals surface area contributed by atoms with E-state index >= 15 is 0 Å². The molecule has 2 fully saturated rings. The first-order chi connectivity index (χ1) is 11.6. The average molecular weight is 332 g/mol. The molecule has 0 radical (unpaired) electrons. The Hall–Kier alpha value is -2.41. The van der Waals surface area contributed by atoms with Crippen molar-refractivity contribution in [2.24, 2.45) is 5.92 Å². The van der Waals surface area contributed by atoms with E-state index in [0.717, 1.165) is 5.56 Å². The number of hydrogen-bond donors (Lipinski definition) is 1. The zero-order valence-corrected chi connectivity index (χ0v) is 13.3. The molecule has 7 heteroatoms. The van der Waals surface area contributed by atoms with Crippen LogP contribution in [0.4, 0.5) is 0 Å². The highest BCUT2D eigenvalue weighted by molar-refractivity contribution is 5.91. The molecule has 2 amide bonds. The van der Waals surface area contributed by atoms with Crippen LogP contribution in [0.5, 0.6) is 0 Å². The Morgan fingerprint density at radius 3 is 2.71 bits per heavy atom. The molecule has 2 aliphatic heterocycles. The van der Waals surface area contributed by atoms with Crippen LogP contribution >= 0.6 is 0 Å². The average Bonchev–Trinajstić information content (AvgIpc) is 2.96. The molecule has 1 aromatic rings. The van der Waals surface area contributed by atoms with E-state index in [1.54, 1.807) is 4.90 Å². The standard InChI is InChI=1S/C17H20N2O5/c20-15-8-13(10-18(15)9-12-4-2-1-3-5-12)16(21)19-6-7-24-11-14(19)17(22)23/h1-5,13-14H,6-11H2,(H,22,23)/t13-,14+/m0/s1. The second-order valence-electron chi connectivity index (χ2n) is 6.12. The molecular weight excluding hydrogens is 312 g/mol. The first kappa shape index (κ1) is 16.4. The molecule has 0 aliphatic carbocycles. The number of carboxylic acids is 1. The molecule has 0 unspecified atom stereocenters. The minimum atomic E-state index is -1.08. The lowest BCUT2D eigenvalue weighted by Crippen LogP contribution is -2.54. The third-order valence-corrected chi connectivity index (χ3v) is 4.48. The maximum atomic E-state index is 12.7. The number of benzene rings is 1. The third kappa shape index (κ3) is 3.41. The van der Waals surface area contributed by atoms with E-state index in [4.69, 9.17) is 4.74 Å². The summed E-state index contributed by atoms with van der Waals surface area (Å²) in [6.07, 6.45) is 0.134. The summed E-state index contributed by atoms with van der Waals surface area (Å²) >= 11 is 0. The number of morpholine rings is 1. The Balaban J connectivity index is 1.66. The van der Waals surface area contributed by atoms with Crippen molar-refractivity contribution in [3.63, 3.8) is 0 Å². The molecular formula is C17H20N2O5. The number of rotatable bonds is 4. The van der Waals surface area contributed by atoms with Gasteiger partial charge in [0.05, 0.1) is 19.1 Å². The molecule has 0 saturated carbocycles. The number of nitrogens with zero attached hydrogens (tertiary/aromatic N) is 2. The number of carbonyl (C=O) groups is 3. The number of carbonyl (C=O) groups excluding carboxylic acids is 2. The molecule has 2 saturated heterocycles. The minimum Gasteiger partial charge on any atom is -0.480 e. The topological polar surface area (TPSA) is 87.1 Å². The van der Waals surface area contributed by atoms with Gasteiger partial charge in [-0.3, -0.25) is 9.59 Å². The maximum Gasteiger partial charge on any atom is 0.328 e. The van der Waals surface area contributed by atoms with E-state index in [1.165, 1.54) is 4.90 Å². The second-order valence-corrected chi connectivity index (χ2v) is 6.12. The fourth-order valence-electron chi connectivity index (χ4n) is 3.20. The summed E-state index contributed by atoms with van der Waals surface area (Å²) in [7, 11) is 0. The van der Waals surface area contributed by atoms with Crippen LogP contribution in [0, 0.1) is 5.92 Å². The molecule has 24 heavy (non-hydrogen) atoms. The van der Waals surface area contributed by atoms with Gasteiger partial charge < -0.3 is 19.6 Å². The third-order valence-electron chi connectivity index (χ3n) is 4.48. The highest BCUT2D eigenvalue weighted by Gasteiger charge is 2.41. The normalized spacial score (nSPS) is 24.2.